The predicted molar refractivity (Wildman–Crippen MR) is 66.2 cm³/mol. The van der Waals surface area contributed by atoms with Crippen LogP contribution >= 0.6 is 0 Å². The second kappa shape index (κ2) is 7.33. The van der Waals surface area contributed by atoms with E-state index < -0.39 is 12.0 Å². The molecule has 0 aromatic heterocycles. The van der Waals surface area contributed by atoms with E-state index in [4.69, 9.17) is 9.84 Å². The van der Waals surface area contributed by atoms with E-state index in [-0.39, 0.29) is 24.5 Å². The van der Waals surface area contributed by atoms with Crippen LogP contribution in [-0.2, 0) is 14.3 Å². The van der Waals surface area contributed by atoms with Crippen molar-refractivity contribution in [2.75, 3.05) is 19.7 Å². The zero-order valence-electron chi connectivity index (χ0n) is 10.9. The molecule has 1 amide bonds. The number of aliphatic carboxylic acids is 1. The van der Waals surface area contributed by atoms with Gasteiger partial charge in [-0.3, -0.25) is 4.79 Å². The first-order valence-electron chi connectivity index (χ1n) is 6.35. The fraction of sp³-hybridized carbons (Fsp3) is 0.833. The predicted octanol–water partition coefficient (Wildman–Crippen LogP) is -0.0196. The summed E-state index contributed by atoms with van der Waals surface area (Å²) in [5.41, 5.74) is 0. The van der Waals surface area contributed by atoms with E-state index in [2.05, 4.69) is 10.6 Å². The average molecular weight is 258 g/mol. The Balaban J connectivity index is 2.29. The van der Waals surface area contributed by atoms with Gasteiger partial charge >= 0.3 is 5.97 Å². The zero-order chi connectivity index (χ0) is 13.5. The summed E-state index contributed by atoms with van der Waals surface area (Å²) in [6, 6.07) is -0.853. The van der Waals surface area contributed by atoms with Crippen molar-refractivity contribution < 1.29 is 19.4 Å². The molecule has 6 nitrogen and oxygen atoms in total. The molecule has 3 N–H and O–H groups in total. The molecule has 0 unspecified atom stereocenters. The molecule has 1 heterocycles. The van der Waals surface area contributed by atoms with Gasteiger partial charge in [0, 0.05) is 0 Å². The fourth-order valence-electron chi connectivity index (χ4n) is 1.88. The first-order chi connectivity index (χ1) is 8.50. The molecule has 0 aromatic carbocycles. The molecule has 1 atom stereocenters. The maximum Gasteiger partial charge on any atom is 0.326 e. The molecule has 0 spiro atoms. The molecule has 18 heavy (non-hydrogen) atoms. The minimum Gasteiger partial charge on any atom is -0.480 e. The summed E-state index contributed by atoms with van der Waals surface area (Å²) >= 11 is 0. The first kappa shape index (κ1) is 14.9. The van der Waals surface area contributed by atoms with Crippen LogP contribution in [0.25, 0.3) is 0 Å². The number of nitrogens with one attached hydrogen (secondary N) is 2. The van der Waals surface area contributed by atoms with Crippen molar-refractivity contribution in [3.05, 3.63) is 0 Å². The van der Waals surface area contributed by atoms with Gasteiger partial charge in [-0.2, -0.15) is 0 Å². The third-order valence-electron chi connectivity index (χ3n) is 2.99. The lowest BCUT2D eigenvalue weighted by Gasteiger charge is -2.23. The molecule has 0 radical (unpaired) electrons. The van der Waals surface area contributed by atoms with Gasteiger partial charge in [0.15, 0.2) is 0 Å². The Morgan fingerprint density at radius 3 is 2.50 bits per heavy atom. The lowest BCUT2D eigenvalue weighted by atomic mass is 10.1. The van der Waals surface area contributed by atoms with Crippen LogP contribution in [-0.4, -0.2) is 48.8 Å². The van der Waals surface area contributed by atoms with Crippen molar-refractivity contribution in [3.8, 4) is 0 Å². The standard InChI is InChI=1S/C12H22N2O4/c1-8(2)11(12(16)17)14-10(15)7-18-9-3-5-13-6-4-9/h8-9,11,13H,3-7H2,1-2H3,(H,14,15)(H,16,17)/t11-/m1/s1. The number of carbonyl (C=O) groups excluding carboxylic acids is 1. The highest BCUT2D eigenvalue weighted by Crippen LogP contribution is 2.07. The molecule has 1 fully saturated rings. The molecule has 0 aromatic rings. The second-order valence-electron chi connectivity index (χ2n) is 4.89. The number of ether oxygens (including phenoxy) is 1. The van der Waals surface area contributed by atoms with E-state index in [0.29, 0.717) is 0 Å². The normalized spacial score (nSPS) is 18.6. The van der Waals surface area contributed by atoms with Crippen molar-refractivity contribution in [2.45, 2.75) is 38.8 Å². The largest absolute Gasteiger partial charge is 0.480 e. The van der Waals surface area contributed by atoms with E-state index in [9.17, 15) is 9.59 Å². The zero-order valence-corrected chi connectivity index (χ0v) is 10.9. The maximum absolute atomic E-state index is 11.6. The Morgan fingerprint density at radius 2 is 2.00 bits per heavy atom. The number of amides is 1. The van der Waals surface area contributed by atoms with E-state index in [1.54, 1.807) is 13.8 Å². The smallest absolute Gasteiger partial charge is 0.326 e. The molecule has 104 valence electrons. The van der Waals surface area contributed by atoms with Crippen LogP contribution in [0.3, 0.4) is 0 Å². The molecule has 1 rings (SSSR count). The number of carboxylic acids is 1. The molecule has 0 bridgehead atoms. The lowest BCUT2D eigenvalue weighted by Crippen LogP contribution is -2.46. The molecule has 0 saturated carbocycles. The number of hydrogen-bond donors (Lipinski definition) is 3. The monoisotopic (exact) mass is 258 g/mol. The first-order valence-corrected chi connectivity index (χ1v) is 6.35. The molecule has 0 aliphatic carbocycles. The van der Waals surface area contributed by atoms with Gasteiger partial charge in [0.1, 0.15) is 12.6 Å². The van der Waals surface area contributed by atoms with Crippen molar-refractivity contribution in [3.63, 3.8) is 0 Å². The molecular formula is C12H22N2O4. The summed E-state index contributed by atoms with van der Waals surface area (Å²) in [6.07, 6.45) is 1.87. The Labute approximate surface area is 107 Å². The van der Waals surface area contributed by atoms with Crippen molar-refractivity contribution in [2.24, 2.45) is 5.92 Å². The Kier molecular flexibility index (Phi) is 6.07. The highest BCUT2D eigenvalue weighted by molar-refractivity contribution is 5.84. The van der Waals surface area contributed by atoms with Crippen LogP contribution in [0.5, 0.6) is 0 Å². The van der Waals surface area contributed by atoms with Gasteiger partial charge in [-0.1, -0.05) is 13.8 Å². The summed E-state index contributed by atoms with van der Waals surface area (Å²) in [4.78, 5) is 22.5. The van der Waals surface area contributed by atoms with E-state index in [0.717, 1.165) is 25.9 Å². The molecule has 1 aliphatic rings. The number of hydrogen-bond acceptors (Lipinski definition) is 4. The number of carboxylic acid groups (broad SMARTS) is 1. The highest BCUT2D eigenvalue weighted by atomic mass is 16.5. The fourth-order valence-corrected chi connectivity index (χ4v) is 1.88. The SMILES string of the molecule is CC(C)[C@@H](NC(=O)COC1CCNCC1)C(=O)O. The summed E-state index contributed by atoms with van der Waals surface area (Å²) in [5.74, 6) is -1.53. The number of carbonyl (C=O) groups is 2. The third-order valence-corrected chi connectivity index (χ3v) is 2.99. The summed E-state index contributed by atoms with van der Waals surface area (Å²) in [7, 11) is 0. The van der Waals surface area contributed by atoms with Gasteiger partial charge in [0.05, 0.1) is 6.10 Å². The van der Waals surface area contributed by atoms with Gasteiger partial charge in [-0.05, 0) is 31.8 Å². The quantitative estimate of drug-likeness (QED) is 0.623. The summed E-state index contributed by atoms with van der Waals surface area (Å²) in [6.45, 7) is 5.24. The van der Waals surface area contributed by atoms with Crippen LogP contribution in [0, 0.1) is 5.92 Å². The number of rotatable bonds is 6. The van der Waals surface area contributed by atoms with Crippen molar-refractivity contribution in [1.29, 1.82) is 0 Å². The van der Waals surface area contributed by atoms with E-state index in [1.807, 2.05) is 0 Å². The van der Waals surface area contributed by atoms with Gasteiger partial charge in [-0.25, -0.2) is 4.79 Å². The van der Waals surface area contributed by atoms with Gasteiger partial charge < -0.3 is 20.5 Å². The van der Waals surface area contributed by atoms with E-state index in [1.165, 1.54) is 0 Å². The van der Waals surface area contributed by atoms with Crippen LogP contribution in [0.2, 0.25) is 0 Å². The Bertz CT molecular complexity index is 288. The van der Waals surface area contributed by atoms with Crippen LogP contribution in [0.4, 0.5) is 0 Å². The second-order valence-corrected chi connectivity index (χ2v) is 4.89. The van der Waals surface area contributed by atoms with Crippen molar-refractivity contribution >= 4 is 11.9 Å². The van der Waals surface area contributed by atoms with Gasteiger partial charge in [0.25, 0.3) is 0 Å². The summed E-state index contributed by atoms with van der Waals surface area (Å²) in [5, 5.41) is 14.6. The summed E-state index contributed by atoms with van der Waals surface area (Å²) < 4.78 is 5.46. The Morgan fingerprint density at radius 1 is 1.39 bits per heavy atom. The minimum atomic E-state index is -1.01. The Hall–Kier alpha value is -1.14. The van der Waals surface area contributed by atoms with Crippen LogP contribution < -0.4 is 10.6 Å². The average Bonchev–Trinajstić information content (AvgIpc) is 2.34. The van der Waals surface area contributed by atoms with Gasteiger partial charge in [0.2, 0.25) is 5.91 Å². The lowest BCUT2D eigenvalue weighted by molar-refractivity contribution is -0.144. The van der Waals surface area contributed by atoms with Crippen molar-refractivity contribution in [1.82, 2.24) is 10.6 Å². The molecule has 1 saturated heterocycles. The molecule has 1 aliphatic heterocycles. The molecular weight excluding hydrogens is 236 g/mol. The van der Waals surface area contributed by atoms with E-state index >= 15 is 0 Å². The third kappa shape index (κ3) is 5.01. The number of piperidine rings is 1. The maximum atomic E-state index is 11.6. The highest BCUT2D eigenvalue weighted by Gasteiger charge is 2.24. The minimum absolute atomic E-state index is 0.0683. The van der Waals surface area contributed by atoms with Gasteiger partial charge in [-0.15, -0.1) is 0 Å². The molecule has 6 heteroatoms. The van der Waals surface area contributed by atoms with Crippen LogP contribution in [0.1, 0.15) is 26.7 Å². The van der Waals surface area contributed by atoms with Crippen LogP contribution in [0.15, 0.2) is 0 Å². The topological polar surface area (TPSA) is 87.7 Å².